The number of nitrogens with zero attached hydrogens (tertiary/aromatic N) is 1. The molecule has 0 radical (unpaired) electrons. The van der Waals surface area contributed by atoms with Gasteiger partial charge in [0.25, 0.3) is 11.7 Å². The SMILES string of the molecule is COc1ccc(/C(O)=C2/C(=O)C(=O)N(c3cccc(F)c3)C2c2ccc(C)o2)cc1Cl. The first-order chi connectivity index (χ1) is 14.8. The number of methoxy groups -OCH3 is 1. The molecule has 1 aromatic heterocycles. The lowest BCUT2D eigenvalue weighted by molar-refractivity contribution is -0.132. The van der Waals surface area contributed by atoms with Crippen LogP contribution in [-0.2, 0) is 9.59 Å². The number of aliphatic hydroxyl groups is 1. The summed E-state index contributed by atoms with van der Waals surface area (Å²) in [6.07, 6.45) is 0. The third-order valence-corrected chi connectivity index (χ3v) is 5.28. The lowest BCUT2D eigenvalue weighted by Crippen LogP contribution is -2.29. The Bertz CT molecular complexity index is 1230. The van der Waals surface area contributed by atoms with Crippen LogP contribution in [0.1, 0.15) is 23.1 Å². The fourth-order valence-electron chi connectivity index (χ4n) is 3.56. The number of Topliss-reactive ketones (excluding diaryl/α,β-unsaturated/α-hetero) is 1. The molecule has 1 fully saturated rings. The largest absolute Gasteiger partial charge is 0.507 e. The molecule has 1 aliphatic heterocycles. The predicted octanol–water partition coefficient (Wildman–Crippen LogP) is 5.02. The van der Waals surface area contributed by atoms with Crippen LogP contribution >= 0.6 is 11.6 Å². The highest BCUT2D eigenvalue weighted by molar-refractivity contribution is 6.51. The standard InChI is InChI=1S/C23H17ClFNO5/c1-12-6-8-18(31-12)20-19(21(27)13-7-9-17(30-2)16(24)10-13)22(28)23(29)26(20)15-5-3-4-14(25)11-15/h3-11,20,27H,1-2H3/b21-19-. The molecular formula is C23H17ClFNO5. The van der Waals surface area contributed by atoms with Gasteiger partial charge in [0.05, 0.1) is 17.7 Å². The van der Waals surface area contributed by atoms with Crippen LogP contribution in [0.2, 0.25) is 5.02 Å². The molecule has 6 nitrogen and oxygen atoms in total. The Labute approximate surface area is 182 Å². The Hall–Kier alpha value is -3.58. The van der Waals surface area contributed by atoms with Crippen molar-refractivity contribution >= 4 is 34.7 Å². The molecule has 1 aliphatic rings. The molecule has 158 valence electrons. The van der Waals surface area contributed by atoms with Crippen molar-refractivity contribution in [2.24, 2.45) is 0 Å². The van der Waals surface area contributed by atoms with E-state index < -0.39 is 29.3 Å². The molecular weight excluding hydrogens is 425 g/mol. The zero-order valence-corrected chi connectivity index (χ0v) is 17.3. The average molecular weight is 442 g/mol. The van der Waals surface area contributed by atoms with Crippen LogP contribution in [0, 0.1) is 12.7 Å². The molecule has 2 aromatic carbocycles. The Morgan fingerprint density at radius 2 is 1.94 bits per heavy atom. The number of carbonyl (C=O) groups is 2. The van der Waals surface area contributed by atoms with Crippen molar-refractivity contribution in [2.75, 3.05) is 12.0 Å². The lowest BCUT2D eigenvalue weighted by atomic mass is 9.99. The highest BCUT2D eigenvalue weighted by Crippen LogP contribution is 2.43. The van der Waals surface area contributed by atoms with Gasteiger partial charge >= 0.3 is 0 Å². The van der Waals surface area contributed by atoms with Gasteiger partial charge in [-0.05, 0) is 55.5 Å². The topological polar surface area (TPSA) is 80.0 Å². The van der Waals surface area contributed by atoms with Crippen LogP contribution < -0.4 is 9.64 Å². The summed E-state index contributed by atoms with van der Waals surface area (Å²) in [5.41, 5.74) is 0.189. The quantitative estimate of drug-likeness (QED) is 0.349. The summed E-state index contributed by atoms with van der Waals surface area (Å²) < 4.78 is 24.7. The molecule has 1 atom stereocenters. The van der Waals surface area contributed by atoms with Gasteiger partial charge < -0.3 is 14.3 Å². The van der Waals surface area contributed by atoms with E-state index in [-0.39, 0.29) is 27.6 Å². The molecule has 31 heavy (non-hydrogen) atoms. The average Bonchev–Trinajstić information content (AvgIpc) is 3.28. The van der Waals surface area contributed by atoms with Gasteiger partial charge in [-0.25, -0.2) is 4.39 Å². The number of aliphatic hydroxyl groups excluding tert-OH is 1. The van der Waals surface area contributed by atoms with Gasteiger partial charge in [-0.1, -0.05) is 17.7 Å². The Kier molecular flexibility index (Phi) is 5.29. The van der Waals surface area contributed by atoms with Crippen LogP contribution in [0.25, 0.3) is 5.76 Å². The molecule has 3 aromatic rings. The number of ether oxygens (including phenoxy) is 1. The molecule has 1 amide bonds. The second kappa shape index (κ2) is 7.92. The van der Waals surface area contributed by atoms with Gasteiger partial charge in [0.1, 0.15) is 34.9 Å². The molecule has 1 N–H and O–H groups in total. The first-order valence-corrected chi connectivity index (χ1v) is 9.66. The van der Waals surface area contributed by atoms with Crippen molar-refractivity contribution in [3.8, 4) is 5.75 Å². The third-order valence-electron chi connectivity index (χ3n) is 4.99. The predicted molar refractivity (Wildman–Crippen MR) is 113 cm³/mol. The summed E-state index contributed by atoms with van der Waals surface area (Å²) in [7, 11) is 1.45. The first kappa shape index (κ1) is 20.7. The normalized spacial score (nSPS) is 17.9. The van der Waals surface area contributed by atoms with Gasteiger partial charge in [0, 0.05) is 11.3 Å². The number of halogens is 2. The van der Waals surface area contributed by atoms with Crippen molar-refractivity contribution in [1.82, 2.24) is 0 Å². The van der Waals surface area contributed by atoms with E-state index in [0.717, 1.165) is 11.0 Å². The summed E-state index contributed by atoms with van der Waals surface area (Å²) in [4.78, 5) is 27.0. The van der Waals surface area contributed by atoms with Crippen molar-refractivity contribution in [2.45, 2.75) is 13.0 Å². The first-order valence-electron chi connectivity index (χ1n) is 9.28. The minimum atomic E-state index is -1.09. The van der Waals surface area contributed by atoms with Gasteiger partial charge in [0.2, 0.25) is 0 Å². The van der Waals surface area contributed by atoms with E-state index in [0.29, 0.717) is 11.5 Å². The molecule has 8 heteroatoms. The number of rotatable bonds is 4. The second-order valence-electron chi connectivity index (χ2n) is 6.95. The number of benzene rings is 2. The Morgan fingerprint density at radius 1 is 1.16 bits per heavy atom. The van der Waals surface area contributed by atoms with Crippen LogP contribution in [-0.4, -0.2) is 23.9 Å². The molecule has 2 heterocycles. The molecule has 0 bridgehead atoms. The number of anilines is 1. The van der Waals surface area contributed by atoms with E-state index in [1.165, 1.54) is 43.5 Å². The van der Waals surface area contributed by atoms with Gasteiger partial charge in [-0.2, -0.15) is 0 Å². The Balaban J connectivity index is 1.93. The molecule has 0 saturated carbocycles. The smallest absolute Gasteiger partial charge is 0.300 e. The number of hydrogen-bond acceptors (Lipinski definition) is 5. The highest BCUT2D eigenvalue weighted by Gasteiger charge is 2.48. The monoisotopic (exact) mass is 441 g/mol. The van der Waals surface area contributed by atoms with Crippen molar-refractivity contribution < 1.29 is 28.2 Å². The van der Waals surface area contributed by atoms with Gasteiger partial charge in [0.15, 0.2) is 0 Å². The van der Waals surface area contributed by atoms with Crippen LogP contribution in [0.15, 0.2) is 64.6 Å². The number of furan rings is 1. The summed E-state index contributed by atoms with van der Waals surface area (Å²) >= 11 is 6.16. The second-order valence-corrected chi connectivity index (χ2v) is 7.35. The van der Waals surface area contributed by atoms with E-state index in [2.05, 4.69) is 0 Å². The third kappa shape index (κ3) is 3.57. The number of aryl methyl sites for hydroxylation is 1. The summed E-state index contributed by atoms with van der Waals surface area (Å²) in [6, 6.07) is 12.0. The highest BCUT2D eigenvalue weighted by atomic mass is 35.5. The van der Waals surface area contributed by atoms with Gasteiger partial charge in [-0.15, -0.1) is 0 Å². The molecule has 1 saturated heterocycles. The van der Waals surface area contributed by atoms with Gasteiger partial charge in [-0.3, -0.25) is 14.5 Å². The Morgan fingerprint density at radius 3 is 2.55 bits per heavy atom. The maximum atomic E-state index is 13.9. The number of carbonyl (C=O) groups excluding carboxylic acids is 2. The molecule has 0 spiro atoms. The van der Waals surface area contributed by atoms with E-state index in [4.69, 9.17) is 20.8 Å². The number of hydrogen-bond donors (Lipinski definition) is 1. The van der Waals surface area contributed by atoms with E-state index in [1.54, 1.807) is 19.1 Å². The number of ketones is 1. The fraction of sp³-hybridized carbons (Fsp3) is 0.130. The fourth-order valence-corrected chi connectivity index (χ4v) is 3.82. The van der Waals surface area contributed by atoms with E-state index in [9.17, 15) is 19.1 Å². The van der Waals surface area contributed by atoms with Crippen LogP contribution in [0.3, 0.4) is 0 Å². The minimum absolute atomic E-state index is 0.160. The van der Waals surface area contributed by atoms with Crippen molar-refractivity contribution in [1.29, 1.82) is 0 Å². The zero-order chi connectivity index (χ0) is 22.3. The van der Waals surface area contributed by atoms with E-state index in [1.807, 2.05) is 0 Å². The molecule has 1 unspecified atom stereocenters. The van der Waals surface area contributed by atoms with E-state index >= 15 is 0 Å². The van der Waals surface area contributed by atoms with Crippen molar-refractivity contribution in [3.63, 3.8) is 0 Å². The molecule has 4 rings (SSSR count). The van der Waals surface area contributed by atoms with Crippen LogP contribution in [0.5, 0.6) is 5.75 Å². The summed E-state index contributed by atoms with van der Waals surface area (Å²) in [5, 5.41) is 11.2. The van der Waals surface area contributed by atoms with Crippen molar-refractivity contribution in [3.05, 3.63) is 88.1 Å². The van der Waals surface area contributed by atoms with Crippen LogP contribution in [0.4, 0.5) is 10.1 Å². The number of amides is 1. The summed E-state index contributed by atoms with van der Waals surface area (Å²) in [5.74, 6) is -1.65. The molecule has 0 aliphatic carbocycles. The maximum absolute atomic E-state index is 13.9. The maximum Gasteiger partial charge on any atom is 0.300 e. The minimum Gasteiger partial charge on any atom is -0.507 e. The summed E-state index contributed by atoms with van der Waals surface area (Å²) in [6.45, 7) is 1.71. The zero-order valence-electron chi connectivity index (χ0n) is 16.6. The lowest BCUT2D eigenvalue weighted by Gasteiger charge is -2.23.